The summed E-state index contributed by atoms with van der Waals surface area (Å²) < 4.78 is 8.38. The van der Waals surface area contributed by atoms with Crippen molar-refractivity contribution in [3.8, 4) is 0 Å². The quantitative estimate of drug-likeness (QED) is 0.435. The number of nitrogens with zero attached hydrogens (tertiary/aromatic N) is 2. The predicted octanol–water partition coefficient (Wildman–Crippen LogP) is 5.08. The smallest absolute Gasteiger partial charge is 0.326 e. The number of nitrogens with one attached hydrogen (secondary N) is 1. The summed E-state index contributed by atoms with van der Waals surface area (Å²) in [5.41, 5.74) is 5.54. The van der Waals surface area contributed by atoms with E-state index in [0.29, 0.717) is 6.61 Å². The molecule has 1 aromatic heterocycles. The average Bonchev–Trinajstić information content (AvgIpc) is 3.19. The predicted molar refractivity (Wildman–Crippen MR) is 133 cm³/mol. The number of ether oxygens (including phenoxy) is 1. The van der Waals surface area contributed by atoms with Crippen molar-refractivity contribution >= 4 is 11.0 Å². The third-order valence-electron chi connectivity index (χ3n) is 6.72. The number of H-pyrrole nitrogens is 1. The number of rotatable bonds is 7. The Kier molecular flexibility index (Phi) is 6.42. The van der Waals surface area contributed by atoms with Crippen molar-refractivity contribution in [2.45, 2.75) is 31.9 Å². The van der Waals surface area contributed by atoms with Gasteiger partial charge >= 0.3 is 5.69 Å². The maximum absolute atomic E-state index is 12.5. The van der Waals surface area contributed by atoms with Crippen LogP contribution in [0.4, 0.5) is 0 Å². The molecule has 1 aliphatic heterocycles. The van der Waals surface area contributed by atoms with Crippen LogP contribution in [0.2, 0.25) is 0 Å². The SMILES string of the molecule is Cc1ccc(C(OCCN2CCC(n3c(=O)[nH]c4ccccc43)CC2)c2ccccc2)cc1. The van der Waals surface area contributed by atoms with E-state index in [4.69, 9.17) is 4.74 Å². The number of para-hydroxylation sites is 2. The maximum atomic E-state index is 12.5. The molecule has 0 saturated carbocycles. The van der Waals surface area contributed by atoms with Gasteiger partial charge in [-0.3, -0.25) is 4.57 Å². The number of aromatic amines is 1. The van der Waals surface area contributed by atoms with Crippen LogP contribution in [0.25, 0.3) is 11.0 Å². The Balaban J connectivity index is 1.20. The first-order valence-corrected chi connectivity index (χ1v) is 11.8. The summed E-state index contributed by atoms with van der Waals surface area (Å²) in [7, 11) is 0. The first-order valence-electron chi connectivity index (χ1n) is 11.8. The lowest BCUT2D eigenvalue weighted by molar-refractivity contribution is 0.0520. The molecule has 5 rings (SSSR count). The molecule has 1 saturated heterocycles. The number of hydrogen-bond donors (Lipinski definition) is 1. The highest BCUT2D eigenvalue weighted by atomic mass is 16.5. The molecule has 2 heterocycles. The number of benzene rings is 3. The van der Waals surface area contributed by atoms with Crippen LogP contribution in [-0.4, -0.2) is 40.7 Å². The third kappa shape index (κ3) is 4.80. The maximum Gasteiger partial charge on any atom is 0.326 e. The van der Waals surface area contributed by atoms with Crippen LogP contribution in [0.3, 0.4) is 0 Å². The van der Waals surface area contributed by atoms with Crippen molar-refractivity contribution in [3.63, 3.8) is 0 Å². The number of likely N-dealkylation sites (tertiary alicyclic amines) is 1. The van der Waals surface area contributed by atoms with E-state index in [0.717, 1.165) is 43.5 Å². The van der Waals surface area contributed by atoms with Gasteiger partial charge in [-0.25, -0.2) is 4.79 Å². The molecule has 0 radical (unpaired) electrons. The zero-order chi connectivity index (χ0) is 22.6. The summed E-state index contributed by atoms with van der Waals surface area (Å²) >= 11 is 0. The van der Waals surface area contributed by atoms with Gasteiger partial charge in [0.1, 0.15) is 6.10 Å². The molecule has 0 bridgehead atoms. The molecule has 0 amide bonds. The van der Waals surface area contributed by atoms with Crippen LogP contribution in [0.15, 0.2) is 83.7 Å². The summed E-state index contributed by atoms with van der Waals surface area (Å²) in [4.78, 5) is 18.0. The fourth-order valence-corrected chi connectivity index (χ4v) is 4.89. The summed E-state index contributed by atoms with van der Waals surface area (Å²) in [6.45, 7) is 5.62. The van der Waals surface area contributed by atoms with Gasteiger partial charge in [0.05, 0.1) is 17.6 Å². The van der Waals surface area contributed by atoms with Gasteiger partial charge in [-0.1, -0.05) is 72.3 Å². The second-order valence-corrected chi connectivity index (χ2v) is 8.96. The Hall–Kier alpha value is -3.15. The van der Waals surface area contributed by atoms with Crippen LogP contribution in [0.1, 0.15) is 41.7 Å². The first kappa shape index (κ1) is 21.7. The molecule has 5 nitrogen and oxygen atoms in total. The highest BCUT2D eigenvalue weighted by Gasteiger charge is 2.24. The van der Waals surface area contributed by atoms with E-state index in [1.54, 1.807) is 0 Å². The van der Waals surface area contributed by atoms with Gasteiger partial charge in [0, 0.05) is 25.7 Å². The van der Waals surface area contributed by atoms with E-state index < -0.39 is 0 Å². The minimum Gasteiger partial charge on any atom is -0.367 e. The van der Waals surface area contributed by atoms with Gasteiger partial charge in [0.2, 0.25) is 0 Å². The third-order valence-corrected chi connectivity index (χ3v) is 6.72. The Bertz CT molecular complexity index is 1240. The van der Waals surface area contributed by atoms with Crippen LogP contribution < -0.4 is 5.69 Å². The van der Waals surface area contributed by atoms with E-state index in [9.17, 15) is 4.79 Å². The second kappa shape index (κ2) is 9.77. The molecule has 3 aromatic carbocycles. The molecular formula is C28H31N3O2. The van der Waals surface area contributed by atoms with Crippen LogP contribution >= 0.6 is 0 Å². The van der Waals surface area contributed by atoms with Crippen molar-refractivity contribution < 1.29 is 4.74 Å². The van der Waals surface area contributed by atoms with Crippen LogP contribution in [0.5, 0.6) is 0 Å². The van der Waals surface area contributed by atoms with Gasteiger partial charge in [-0.05, 0) is 43.0 Å². The minimum atomic E-state index is -0.0610. The normalized spacial score (nSPS) is 16.3. The van der Waals surface area contributed by atoms with E-state index in [1.165, 1.54) is 16.7 Å². The molecule has 4 aromatic rings. The van der Waals surface area contributed by atoms with Gasteiger partial charge in [-0.2, -0.15) is 0 Å². The fourth-order valence-electron chi connectivity index (χ4n) is 4.89. The second-order valence-electron chi connectivity index (χ2n) is 8.96. The molecule has 33 heavy (non-hydrogen) atoms. The van der Waals surface area contributed by atoms with Crippen molar-refractivity contribution in [1.82, 2.24) is 14.5 Å². The van der Waals surface area contributed by atoms with Gasteiger partial charge in [0.25, 0.3) is 0 Å². The summed E-state index contributed by atoms with van der Waals surface area (Å²) in [6, 6.07) is 27.3. The molecule has 1 N–H and O–H groups in total. The number of imidazole rings is 1. The van der Waals surface area contributed by atoms with E-state index in [-0.39, 0.29) is 17.8 Å². The number of aromatic nitrogens is 2. The molecule has 0 spiro atoms. The first-order chi connectivity index (χ1) is 16.2. The van der Waals surface area contributed by atoms with Crippen molar-refractivity contribution in [1.29, 1.82) is 0 Å². The Morgan fingerprint density at radius 3 is 2.33 bits per heavy atom. The van der Waals surface area contributed by atoms with Crippen LogP contribution in [0, 0.1) is 6.92 Å². The zero-order valence-electron chi connectivity index (χ0n) is 19.1. The number of fused-ring (bicyclic) bond motifs is 1. The Morgan fingerprint density at radius 2 is 1.58 bits per heavy atom. The fraction of sp³-hybridized carbons (Fsp3) is 0.321. The summed E-state index contributed by atoms with van der Waals surface area (Å²) in [5.74, 6) is 0. The summed E-state index contributed by atoms with van der Waals surface area (Å²) in [5, 5.41) is 0. The van der Waals surface area contributed by atoms with Crippen LogP contribution in [-0.2, 0) is 4.74 Å². The molecule has 5 heteroatoms. The molecule has 0 aliphatic carbocycles. The average molecular weight is 442 g/mol. The van der Waals surface area contributed by atoms with Gasteiger partial charge in [-0.15, -0.1) is 0 Å². The van der Waals surface area contributed by atoms with E-state index in [2.05, 4.69) is 65.3 Å². The molecule has 170 valence electrons. The number of piperidine rings is 1. The van der Waals surface area contributed by atoms with E-state index >= 15 is 0 Å². The minimum absolute atomic E-state index is 0.00165. The van der Waals surface area contributed by atoms with E-state index in [1.807, 2.05) is 34.9 Å². The Morgan fingerprint density at radius 1 is 0.909 bits per heavy atom. The standard InChI is InChI=1S/C28H31N3O2/c1-21-11-13-23(14-12-21)27(22-7-3-2-4-8-22)33-20-19-30-17-15-24(16-18-30)31-26-10-6-5-9-25(26)29-28(31)32/h2-14,24,27H,15-20H2,1H3,(H,29,32). The lowest BCUT2D eigenvalue weighted by Gasteiger charge is -2.32. The topological polar surface area (TPSA) is 50.3 Å². The molecular weight excluding hydrogens is 410 g/mol. The van der Waals surface area contributed by atoms with Crippen molar-refractivity contribution in [3.05, 3.63) is 106 Å². The lowest BCUT2D eigenvalue weighted by Crippen LogP contribution is -2.38. The van der Waals surface area contributed by atoms with Gasteiger partial charge in [0.15, 0.2) is 0 Å². The molecule has 1 unspecified atom stereocenters. The molecule has 1 aliphatic rings. The van der Waals surface area contributed by atoms with Crippen molar-refractivity contribution in [2.24, 2.45) is 0 Å². The number of aryl methyl sites for hydroxylation is 1. The lowest BCUT2D eigenvalue weighted by atomic mass is 10.0. The highest BCUT2D eigenvalue weighted by molar-refractivity contribution is 5.75. The zero-order valence-corrected chi connectivity index (χ0v) is 19.1. The Labute approximate surface area is 194 Å². The van der Waals surface area contributed by atoms with Crippen molar-refractivity contribution in [2.75, 3.05) is 26.2 Å². The molecule has 1 fully saturated rings. The monoisotopic (exact) mass is 441 g/mol. The largest absolute Gasteiger partial charge is 0.367 e. The number of hydrogen-bond acceptors (Lipinski definition) is 3. The summed E-state index contributed by atoms with van der Waals surface area (Å²) in [6.07, 6.45) is 1.89. The highest BCUT2D eigenvalue weighted by Crippen LogP contribution is 2.27. The molecule has 1 atom stereocenters. The van der Waals surface area contributed by atoms with Gasteiger partial charge < -0.3 is 14.6 Å².